The van der Waals surface area contributed by atoms with Crippen molar-refractivity contribution in [2.75, 3.05) is 25.4 Å². The summed E-state index contributed by atoms with van der Waals surface area (Å²) in [6.07, 6.45) is 1.69. The lowest BCUT2D eigenvalue weighted by atomic mass is 10.2. The van der Waals surface area contributed by atoms with Gasteiger partial charge in [0.25, 0.3) is 0 Å². The van der Waals surface area contributed by atoms with Gasteiger partial charge in [0.2, 0.25) is 0 Å². The van der Waals surface area contributed by atoms with Crippen molar-refractivity contribution < 1.29 is 8.42 Å². The van der Waals surface area contributed by atoms with E-state index in [1.807, 2.05) is 23.3 Å². The number of rotatable bonds is 4. The molecule has 8 nitrogen and oxygen atoms in total. The Labute approximate surface area is 137 Å². The third-order valence-electron chi connectivity index (χ3n) is 4.08. The highest BCUT2D eigenvalue weighted by Crippen LogP contribution is 2.23. The van der Waals surface area contributed by atoms with Crippen LogP contribution in [-0.4, -0.2) is 64.2 Å². The Morgan fingerprint density at radius 3 is 2.78 bits per heavy atom. The first kappa shape index (κ1) is 17.7. The van der Waals surface area contributed by atoms with Gasteiger partial charge in [0.05, 0.1) is 10.5 Å². The van der Waals surface area contributed by atoms with Gasteiger partial charge in [-0.1, -0.05) is 0 Å². The van der Waals surface area contributed by atoms with Gasteiger partial charge in [-0.05, 0) is 27.7 Å². The molecule has 1 fully saturated rings. The molecule has 0 saturated carbocycles. The summed E-state index contributed by atoms with van der Waals surface area (Å²) >= 11 is 0. The van der Waals surface area contributed by atoms with Crippen LogP contribution in [0.1, 0.15) is 33.5 Å². The summed E-state index contributed by atoms with van der Waals surface area (Å²) in [6, 6.07) is 0. The van der Waals surface area contributed by atoms with Crippen molar-refractivity contribution in [1.82, 2.24) is 25.0 Å². The largest absolute Gasteiger partial charge is 0.357 e. The fourth-order valence-corrected chi connectivity index (χ4v) is 3.93. The summed E-state index contributed by atoms with van der Waals surface area (Å²) < 4.78 is 25.5. The topological polar surface area (TPSA) is 92.5 Å². The third-order valence-corrected chi connectivity index (χ3v) is 6.62. The molecule has 2 rings (SSSR count). The monoisotopic (exact) mass is 342 g/mol. The van der Waals surface area contributed by atoms with Gasteiger partial charge >= 0.3 is 0 Å². The summed E-state index contributed by atoms with van der Waals surface area (Å²) in [5.74, 6) is 1.67. The Kier molecular flexibility index (Phi) is 5.28. The van der Waals surface area contributed by atoms with Gasteiger partial charge in [-0.15, -0.1) is 10.2 Å². The number of aliphatic imine (C=N–C) groups is 1. The van der Waals surface area contributed by atoms with Crippen LogP contribution in [0, 0.1) is 0 Å². The molecule has 1 saturated heterocycles. The molecular formula is C14H26N6O2S. The predicted molar refractivity (Wildman–Crippen MR) is 90.0 cm³/mol. The third kappa shape index (κ3) is 3.82. The van der Waals surface area contributed by atoms with Crippen molar-refractivity contribution in [1.29, 1.82) is 0 Å². The van der Waals surface area contributed by atoms with E-state index in [2.05, 4.69) is 20.5 Å². The molecule has 0 amide bonds. The fourth-order valence-electron chi connectivity index (χ4n) is 2.56. The lowest BCUT2D eigenvalue weighted by molar-refractivity contribution is 0.353. The number of aromatic nitrogens is 3. The standard InChI is InChI=1S/C14H26N6O2S/c1-5-15-13(16-9-12-18-17-11-19(12)6-2)20-7-8-23(21,22)14(3,4)10-20/h11H,5-10H2,1-4H3,(H,15,16). The quantitative estimate of drug-likeness (QED) is 0.624. The maximum absolute atomic E-state index is 12.1. The van der Waals surface area contributed by atoms with Crippen LogP contribution in [0.15, 0.2) is 11.3 Å². The van der Waals surface area contributed by atoms with E-state index in [1.54, 1.807) is 20.2 Å². The van der Waals surface area contributed by atoms with Gasteiger partial charge < -0.3 is 14.8 Å². The molecule has 1 aromatic rings. The lowest BCUT2D eigenvalue weighted by Crippen LogP contribution is -2.57. The normalized spacial score (nSPS) is 20.5. The van der Waals surface area contributed by atoms with Gasteiger partial charge in [-0.25, -0.2) is 13.4 Å². The number of nitrogens with zero attached hydrogens (tertiary/aromatic N) is 5. The maximum Gasteiger partial charge on any atom is 0.194 e. The second-order valence-corrected chi connectivity index (χ2v) is 8.95. The van der Waals surface area contributed by atoms with E-state index in [-0.39, 0.29) is 5.75 Å². The molecule has 0 bridgehead atoms. The zero-order valence-electron chi connectivity index (χ0n) is 14.3. The minimum absolute atomic E-state index is 0.148. The fraction of sp³-hybridized carbons (Fsp3) is 0.786. The molecule has 0 aliphatic carbocycles. The molecule has 1 aliphatic heterocycles. The van der Waals surface area contributed by atoms with Gasteiger partial charge in [-0.3, -0.25) is 0 Å². The zero-order chi connectivity index (χ0) is 17.1. The molecule has 23 heavy (non-hydrogen) atoms. The molecular weight excluding hydrogens is 316 g/mol. The van der Waals surface area contributed by atoms with Crippen molar-refractivity contribution in [2.24, 2.45) is 4.99 Å². The summed E-state index contributed by atoms with van der Waals surface area (Å²) in [6.45, 7) is 10.4. The molecule has 0 aromatic carbocycles. The van der Waals surface area contributed by atoms with Crippen LogP contribution in [-0.2, 0) is 22.9 Å². The van der Waals surface area contributed by atoms with Crippen molar-refractivity contribution in [3.63, 3.8) is 0 Å². The van der Waals surface area contributed by atoms with Crippen molar-refractivity contribution in [2.45, 2.75) is 45.5 Å². The second kappa shape index (κ2) is 6.86. The first-order chi connectivity index (χ1) is 10.8. The zero-order valence-corrected chi connectivity index (χ0v) is 15.1. The Morgan fingerprint density at radius 2 is 2.17 bits per heavy atom. The number of guanidine groups is 1. The van der Waals surface area contributed by atoms with E-state index < -0.39 is 14.6 Å². The van der Waals surface area contributed by atoms with Crippen LogP contribution in [0.3, 0.4) is 0 Å². The second-order valence-electron chi connectivity index (χ2n) is 6.20. The van der Waals surface area contributed by atoms with Crippen LogP contribution in [0.2, 0.25) is 0 Å². The molecule has 1 aliphatic rings. The summed E-state index contributed by atoms with van der Waals surface area (Å²) in [7, 11) is -3.06. The molecule has 2 heterocycles. The van der Waals surface area contributed by atoms with Crippen LogP contribution >= 0.6 is 0 Å². The summed E-state index contributed by atoms with van der Waals surface area (Å²) in [5.41, 5.74) is 0. The first-order valence-corrected chi connectivity index (χ1v) is 9.58. The van der Waals surface area contributed by atoms with Crippen LogP contribution < -0.4 is 5.32 Å². The van der Waals surface area contributed by atoms with E-state index >= 15 is 0 Å². The Hall–Kier alpha value is -1.64. The highest BCUT2D eigenvalue weighted by atomic mass is 32.2. The predicted octanol–water partition coefficient (Wildman–Crippen LogP) is 0.273. The van der Waals surface area contributed by atoms with E-state index in [4.69, 9.17) is 0 Å². The first-order valence-electron chi connectivity index (χ1n) is 7.93. The number of nitrogens with one attached hydrogen (secondary N) is 1. The van der Waals surface area contributed by atoms with E-state index in [1.165, 1.54) is 0 Å². The Bertz CT molecular complexity index is 665. The molecule has 0 unspecified atom stereocenters. The minimum atomic E-state index is -3.06. The van der Waals surface area contributed by atoms with Gasteiger partial charge in [0, 0.05) is 26.2 Å². The molecule has 1 N–H and O–H groups in total. The SMILES string of the molecule is CCNC(=NCc1nncn1CC)N1CCS(=O)(=O)C(C)(C)C1. The Morgan fingerprint density at radius 1 is 1.43 bits per heavy atom. The average molecular weight is 342 g/mol. The van der Waals surface area contributed by atoms with Gasteiger partial charge in [0.1, 0.15) is 12.9 Å². The molecule has 0 atom stereocenters. The highest BCUT2D eigenvalue weighted by Gasteiger charge is 2.40. The number of hydrogen-bond acceptors (Lipinski definition) is 5. The van der Waals surface area contributed by atoms with Crippen LogP contribution in [0.25, 0.3) is 0 Å². The molecule has 1 aromatic heterocycles. The van der Waals surface area contributed by atoms with Crippen LogP contribution in [0.4, 0.5) is 0 Å². The van der Waals surface area contributed by atoms with Crippen molar-refractivity contribution in [3.05, 3.63) is 12.2 Å². The smallest absolute Gasteiger partial charge is 0.194 e. The van der Waals surface area contributed by atoms with Gasteiger partial charge in [-0.2, -0.15) is 0 Å². The van der Waals surface area contributed by atoms with E-state index in [0.717, 1.165) is 24.9 Å². The van der Waals surface area contributed by atoms with Gasteiger partial charge in [0.15, 0.2) is 21.6 Å². The number of hydrogen-bond donors (Lipinski definition) is 1. The van der Waals surface area contributed by atoms with E-state index in [9.17, 15) is 8.42 Å². The summed E-state index contributed by atoms with van der Waals surface area (Å²) in [5, 5.41) is 11.2. The number of sulfone groups is 1. The molecule has 130 valence electrons. The van der Waals surface area contributed by atoms with Crippen molar-refractivity contribution >= 4 is 15.8 Å². The van der Waals surface area contributed by atoms with E-state index in [0.29, 0.717) is 19.6 Å². The molecule has 0 spiro atoms. The maximum atomic E-state index is 12.1. The molecule has 9 heteroatoms. The van der Waals surface area contributed by atoms with Crippen LogP contribution in [0.5, 0.6) is 0 Å². The number of aryl methyl sites for hydroxylation is 1. The summed E-state index contributed by atoms with van der Waals surface area (Å²) in [4.78, 5) is 6.63. The Balaban J connectivity index is 2.17. The van der Waals surface area contributed by atoms with Crippen molar-refractivity contribution in [3.8, 4) is 0 Å². The highest BCUT2D eigenvalue weighted by molar-refractivity contribution is 7.92. The lowest BCUT2D eigenvalue weighted by Gasteiger charge is -2.39. The minimum Gasteiger partial charge on any atom is -0.357 e. The molecule has 0 radical (unpaired) electrons. The average Bonchev–Trinajstić information content (AvgIpc) is 2.94.